The molecule has 2 nitrogen and oxygen atoms in total. The second-order valence-electron chi connectivity index (χ2n) is 2.65. The molecule has 0 aliphatic carbocycles. The molecule has 1 amide bonds. The summed E-state index contributed by atoms with van der Waals surface area (Å²) < 4.78 is 0. The van der Waals surface area contributed by atoms with Gasteiger partial charge in [-0.25, -0.2) is 0 Å². The molecule has 0 N–H and O–H groups in total. The highest BCUT2D eigenvalue weighted by atomic mass is 16.2. The van der Waals surface area contributed by atoms with Crippen LogP contribution in [0.4, 0.5) is 0 Å². The Morgan fingerprint density at radius 1 is 1.55 bits per heavy atom. The maximum Gasteiger partial charge on any atom is 0.250 e. The lowest BCUT2D eigenvalue weighted by Crippen LogP contribution is -2.17. The molecule has 0 atom stereocenters. The van der Waals surface area contributed by atoms with Crippen LogP contribution in [0.25, 0.3) is 0 Å². The van der Waals surface area contributed by atoms with E-state index < -0.39 is 0 Å². The number of nitrogens with zero attached hydrogens (tertiary/aromatic N) is 1. The van der Waals surface area contributed by atoms with Crippen molar-refractivity contribution < 1.29 is 4.79 Å². The van der Waals surface area contributed by atoms with Gasteiger partial charge in [-0.15, -0.1) is 0 Å². The van der Waals surface area contributed by atoms with E-state index in [0.29, 0.717) is 0 Å². The number of carbonyl (C=O) groups is 1. The Balaban J connectivity index is 2.62. The fourth-order valence-electron chi connectivity index (χ4n) is 1.00. The minimum Gasteiger partial charge on any atom is -0.312 e. The van der Waals surface area contributed by atoms with Gasteiger partial charge in [0.2, 0.25) is 0 Å². The van der Waals surface area contributed by atoms with E-state index in [0.717, 1.165) is 18.5 Å². The van der Waals surface area contributed by atoms with Crippen molar-refractivity contribution in [3.63, 3.8) is 0 Å². The smallest absolute Gasteiger partial charge is 0.250 e. The van der Waals surface area contributed by atoms with E-state index in [-0.39, 0.29) is 5.91 Å². The van der Waals surface area contributed by atoms with Crippen molar-refractivity contribution in [2.24, 2.45) is 0 Å². The van der Waals surface area contributed by atoms with Gasteiger partial charge in [-0.1, -0.05) is 19.4 Å². The maximum atomic E-state index is 10.9. The topological polar surface area (TPSA) is 20.3 Å². The number of carbonyl (C=O) groups excluding carboxylic acids is 1. The van der Waals surface area contributed by atoms with Crippen molar-refractivity contribution in [2.45, 2.75) is 19.8 Å². The largest absolute Gasteiger partial charge is 0.312 e. The Hall–Kier alpha value is -1.05. The van der Waals surface area contributed by atoms with Gasteiger partial charge in [-0.2, -0.15) is 0 Å². The van der Waals surface area contributed by atoms with Crippen LogP contribution in [-0.2, 0) is 4.79 Å². The van der Waals surface area contributed by atoms with Crippen LogP contribution in [0.5, 0.6) is 0 Å². The number of unbranched alkanes of at least 4 members (excludes halogenated alkanes) is 1. The van der Waals surface area contributed by atoms with Crippen LogP contribution in [0.1, 0.15) is 19.8 Å². The van der Waals surface area contributed by atoms with Gasteiger partial charge in [0, 0.05) is 18.8 Å². The van der Waals surface area contributed by atoms with Crippen LogP contribution in [0, 0.1) is 0 Å². The van der Waals surface area contributed by atoms with E-state index in [9.17, 15) is 4.79 Å². The van der Waals surface area contributed by atoms with Crippen molar-refractivity contribution in [2.75, 3.05) is 7.05 Å². The molecule has 0 aromatic rings. The highest BCUT2D eigenvalue weighted by Gasteiger charge is 2.13. The molecule has 1 heterocycles. The number of hydrogen-bond donors (Lipinski definition) is 0. The number of rotatable bonds is 2. The summed E-state index contributed by atoms with van der Waals surface area (Å²) in [5, 5.41) is 0. The summed E-state index contributed by atoms with van der Waals surface area (Å²) in [6.07, 6.45) is 7.71. The predicted octanol–water partition coefficient (Wildman–Crippen LogP) is 1.70. The monoisotopic (exact) mass is 151 g/mol. The van der Waals surface area contributed by atoms with Gasteiger partial charge in [0.05, 0.1) is 0 Å². The molecule has 0 aromatic heterocycles. The molecular weight excluding hydrogens is 138 g/mol. The van der Waals surface area contributed by atoms with E-state index in [1.165, 1.54) is 0 Å². The van der Waals surface area contributed by atoms with Gasteiger partial charge in [0.15, 0.2) is 0 Å². The minimum atomic E-state index is 0.0763. The first kappa shape index (κ1) is 8.05. The number of amides is 1. The highest BCUT2D eigenvalue weighted by molar-refractivity contribution is 5.92. The second-order valence-corrected chi connectivity index (χ2v) is 2.65. The number of hydrogen-bond acceptors (Lipinski definition) is 1. The van der Waals surface area contributed by atoms with Crippen LogP contribution in [-0.4, -0.2) is 17.9 Å². The lowest BCUT2D eigenvalue weighted by atomic mass is 10.3. The molecule has 2 heteroatoms. The Morgan fingerprint density at radius 2 is 2.27 bits per heavy atom. The lowest BCUT2D eigenvalue weighted by molar-refractivity contribution is -0.122. The second kappa shape index (κ2) is 3.37. The zero-order chi connectivity index (χ0) is 8.27. The summed E-state index contributed by atoms with van der Waals surface area (Å²) in [6, 6.07) is 0. The molecule has 0 spiro atoms. The molecule has 0 radical (unpaired) electrons. The Morgan fingerprint density at radius 3 is 2.73 bits per heavy atom. The van der Waals surface area contributed by atoms with E-state index >= 15 is 0 Å². The summed E-state index contributed by atoms with van der Waals surface area (Å²) in [4.78, 5) is 12.6. The Kier molecular flexibility index (Phi) is 2.47. The molecule has 0 bridgehead atoms. The van der Waals surface area contributed by atoms with Gasteiger partial charge >= 0.3 is 0 Å². The van der Waals surface area contributed by atoms with E-state index in [2.05, 4.69) is 13.0 Å². The SMILES string of the molecule is CCC/C=C1\C=CC(=O)N1C. The van der Waals surface area contributed by atoms with Crippen LogP contribution < -0.4 is 0 Å². The van der Waals surface area contributed by atoms with Crippen molar-refractivity contribution in [1.29, 1.82) is 0 Å². The maximum absolute atomic E-state index is 10.9. The fourth-order valence-corrected chi connectivity index (χ4v) is 1.00. The average Bonchev–Trinajstić information content (AvgIpc) is 2.31. The summed E-state index contributed by atoms with van der Waals surface area (Å²) in [5.74, 6) is 0.0763. The van der Waals surface area contributed by atoms with E-state index in [4.69, 9.17) is 0 Å². The molecule has 1 aliphatic rings. The van der Waals surface area contributed by atoms with E-state index in [1.807, 2.05) is 6.08 Å². The standard InChI is InChI=1S/C9H13NO/c1-3-4-5-8-6-7-9(11)10(8)2/h5-7H,3-4H2,1-2H3/b8-5+. The van der Waals surface area contributed by atoms with Gasteiger partial charge < -0.3 is 4.90 Å². The molecule has 0 saturated carbocycles. The van der Waals surface area contributed by atoms with Crippen molar-refractivity contribution in [3.8, 4) is 0 Å². The highest BCUT2D eigenvalue weighted by Crippen LogP contribution is 2.12. The molecule has 0 fully saturated rings. The normalized spacial score (nSPS) is 20.4. The fraction of sp³-hybridized carbons (Fsp3) is 0.444. The van der Waals surface area contributed by atoms with Crippen LogP contribution in [0.2, 0.25) is 0 Å². The Bertz CT molecular complexity index is 216. The molecule has 0 unspecified atom stereocenters. The van der Waals surface area contributed by atoms with Crippen molar-refractivity contribution in [1.82, 2.24) is 4.90 Å². The molecule has 60 valence electrons. The van der Waals surface area contributed by atoms with E-state index in [1.54, 1.807) is 18.0 Å². The third-order valence-corrected chi connectivity index (χ3v) is 1.76. The molecule has 1 aliphatic heterocycles. The first-order chi connectivity index (χ1) is 5.25. The van der Waals surface area contributed by atoms with Crippen LogP contribution in [0.15, 0.2) is 23.9 Å². The summed E-state index contributed by atoms with van der Waals surface area (Å²) in [7, 11) is 1.80. The summed E-state index contributed by atoms with van der Waals surface area (Å²) >= 11 is 0. The molecule has 11 heavy (non-hydrogen) atoms. The molecular formula is C9H13NO. The molecule has 0 saturated heterocycles. The Labute approximate surface area is 67.2 Å². The first-order valence-electron chi connectivity index (χ1n) is 3.91. The van der Waals surface area contributed by atoms with Crippen molar-refractivity contribution >= 4 is 5.91 Å². The zero-order valence-corrected chi connectivity index (χ0v) is 7.00. The minimum absolute atomic E-state index is 0.0763. The molecule has 0 aromatic carbocycles. The third kappa shape index (κ3) is 1.70. The number of likely N-dealkylation sites (N-methyl/N-ethyl adjacent to an activating group) is 1. The van der Waals surface area contributed by atoms with Gasteiger partial charge in [-0.3, -0.25) is 4.79 Å². The number of allylic oxidation sites excluding steroid dienone is 2. The van der Waals surface area contributed by atoms with Crippen LogP contribution in [0.3, 0.4) is 0 Å². The molecule has 1 rings (SSSR count). The first-order valence-corrected chi connectivity index (χ1v) is 3.91. The average molecular weight is 151 g/mol. The summed E-state index contributed by atoms with van der Waals surface area (Å²) in [6.45, 7) is 2.12. The lowest BCUT2D eigenvalue weighted by Gasteiger charge is -2.09. The summed E-state index contributed by atoms with van der Waals surface area (Å²) in [5.41, 5.74) is 1.02. The third-order valence-electron chi connectivity index (χ3n) is 1.76. The van der Waals surface area contributed by atoms with Gasteiger partial charge in [0.25, 0.3) is 5.91 Å². The van der Waals surface area contributed by atoms with Crippen molar-refractivity contribution in [3.05, 3.63) is 23.9 Å². The van der Waals surface area contributed by atoms with Crippen LogP contribution >= 0.6 is 0 Å². The van der Waals surface area contributed by atoms with Gasteiger partial charge in [-0.05, 0) is 12.5 Å². The quantitative estimate of drug-likeness (QED) is 0.588. The zero-order valence-electron chi connectivity index (χ0n) is 7.00. The van der Waals surface area contributed by atoms with Gasteiger partial charge in [0.1, 0.15) is 0 Å². The predicted molar refractivity (Wildman–Crippen MR) is 44.9 cm³/mol.